The first kappa shape index (κ1) is 16.1. The number of benzene rings is 1. The van der Waals surface area contributed by atoms with Crippen LogP contribution in [0.3, 0.4) is 0 Å². The second kappa shape index (κ2) is 7.03. The van der Waals surface area contributed by atoms with Crippen molar-refractivity contribution >= 4 is 10.0 Å². The Labute approximate surface area is 116 Å². The number of hydrogen-bond donors (Lipinski definition) is 2. The molecule has 0 aromatic heterocycles. The lowest BCUT2D eigenvalue weighted by Crippen LogP contribution is -2.39. The number of rotatable bonds is 7. The van der Waals surface area contributed by atoms with Gasteiger partial charge in [0.15, 0.2) is 0 Å². The van der Waals surface area contributed by atoms with Crippen LogP contribution in [-0.2, 0) is 10.0 Å². The highest BCUT2D eigenvalue weighted by atomic mass is 32.2. The molecule has 0 saturated heterocycles. The second-order valence-electron chi connectivity index (χ2n) is 4.84. The standard InChI is InChI=1S/C14H24N2O2S/c1-4-11(3)12-6-8-14(9-7-12)19(17,18)16-13(5-2)10-15/h6-9,11,13,16H,4-5,10,15H2,1-3H3. The van der Waals surface area contributed by atoms with Gasteiger partial charge in [0.1, 0.15) is 0 Å². The van der Waals surface area contributed by atoms with Crippen LogP contribution in [0.5, 0.6) is 0 Å². The maximum Gasteiger partial charge on any atom is 0.240 e. The monoisotopic (exact) mass is 284 g/mol. The Morgan fingerprint density at radius 1 is 1.16 bits per heavy atom. The molecule has 0 heterocycles. The van der Waals surface area contributed by atoms with Crippen LogP contribution in [0.4, 0.5) is 0 Å². The van der Waals surface area contributed by atoms with Crippen molar-refractivity contribution in [2.75, 3.05) is 6.54 Å². The summed E-state index contributed by atoms with van der Waals surface area (Å²) in [5.41, 5.74) is 6.68. The molecule has 0 radical (unpaired) electrons. The maximum atomic E-state index is 12.1. The normalized spacial score (nSPS) is 15.2. The van der Waals surface area contributed by atoms with Crippen LogP contribution in [-0.4, -0.2) is 21.0 Å². The highest BCUT2D eigenvalue weighted by molar-refractivity contribution is 7.89. The van der Waals surface area contributed by atoms with E-state index in [2.05, 4.69) is 18.6 Å². The summed E-state index contributed by atoms with van der Waals surface area (Å²) in [5, 5.41) is 0. The van der Waals surface area contributed by atoms with Gasteiger partial charge >= 0.3 is 0 Å². The third kappa shape index (κ3) is 4.30. The molecule has 108 valence electrons. The second-order valence-corrected chi connectivity index (χ2v) is 6.55. The van der Waals surface area contributed by atoms with Gasteiger partial charge in [-0.3, -0.25) is 0 Å². The molecule has 2 atom stereocenters. The molecule has 0 spiro atoms. The van der Waals surface area contributed by atoms with Crippen molar-refractivity contribution in [1.29, 1.82) is 0 Å². The zero-order chi connectivity index (χ0) is 14.5. The minimum atomic E-state index is -3.46. The Bertz CT molecular complexity index is 479. The van der Waals surface area contributed by atoms with Crippen LogP contribution < -0.4 is 10.5 Å². The number of nitrogens with two attached hydrogens (primary N) is 1. The third-order valence-electron chi connectivity index (χ3n) is 3.47. The molecule has 5 heteroatoms. The molecule has 1 rings (SSSR count). The Hall–Kier alpha value is -0.910. The Balaban J connectivity index is 2.90. The fourth-order valence-electron chi connectivity index (χ4n) is 1.80. The first-order chi connectivity index (χ1) is 8.94. The van der Waals surface area contributed by atoms with Gasteiger partial charge in [0.25, 0.3) is 0 Å². The van der Waals surface area contributed by atoms with Crippen molar-refractivity contribution in [2.45, 2.75) is 50.5 Å². The average Bonchev–Trinajstić information content (AvgIpc) is 2.44. The molecule has 0 aliphatic heterocycles. The van der Waals surface area contributed by atoms with Crippen LogP contribution in [0.2, 0.25) is 0 Å². The molecule has 0 fully saturated rings. The van der Waals surface area contributed by atoms with Gasteiger partial charge in [0, 0.05) is 12.6 Å². The minimum Gasteiger partial charge on any atom is -0.329 e. The van der Waals surface area contributed by atoms with Gasteiger partial charge in [-0.25, -0.2) is 13.1 Å². The van der Waals surface area contributed by atoms with Crippen molar-refractivity contribution in [3.8, 4) is 0 Å². The van der Waals surface area contributed by atoms with Crippen molar-refractivity contribution < 1.29 is 8.42 Å². The third-order valence-corrected chi connectivity index (χ3v) is 5.01. The highest BCUT2D eigenvalue weighted by Gasteiger charge is 2.18. The number of nitrogens with one attached hydrogen (secondary N) is 1. The van der Waals surface area contributed by atoms with Crippen LogP contribution >= 0.6 is 0 Å². The Morgan fingerprint density at radius 2 is 1.74 bits per heavy atom. The van der Waals surface area contributed by atoms with Gasteiger partial charge in [0.2, 0.25) is 10.0 Å². The lowest BCUT2D eigenvalue weighted by Gasteiger charge is -2.15. The molecule has 1 aromatic rings. The summed E-state index contributed by atoms with van der Waals surface area (Å²) in [4.78, 5) is 0.298. The largest absolute Gasteiger partial charge is 0.329 e. The van der Waals surface area contributed by atoms with Crippen molar-refractivity contribution in [3.05, 3.63) is 29.8 Å². The van der Waals surface area contributed by atoms with E-state index in [1.54, 1.807) is 12.1 Å². The zero-order valence-electron chi connectivity index (χ0n) is 11.9. The predicted molar refractivity (Wildman–Crippen MR) is 78.6 cm³/mol. The molecule has 0 amide bonds. The summed E-state index contributed by atoms with van der Waals surface area (Å²) in [6.45, 7) is 6.46. The molecule has 4 nitrogen and oxygen atoms in total. The quantitative estimate of drug-likeness (QED) is 0.806. The SMILES string of the molecule is CCC(CN)NS(=O)(=O)c1ccc(C(C)CC)cc1. The van der Waals surface area contributed by atoms with Gasteiger partial charge in [-0.05, 0) is 36.5 Å². The van der Waals surface area contributed by atoms with Crippen molar-refractivity contribution in [1.82, 2.24) is 4.72 Å². The van der Waals surface area contributed by atoms with E-state index in [0.717, 1.165) is 12.0 Å². The Kier molecular flexibility index (Phi) is 5.97. The maximum absolute atomic E-state index is 12.1. The van der Waals surface area contributed by atoms with E-state index in [9.17, 15) is 8.42 Å². The molecule has 0 aliphatic rings. The van der Waals surface area contributed by atoms with E-state index >= 15 is 0 Å². The molecule has 0 bridgehead atoms. The summed E-state index contributed by atoms with van der Waals surface area (Å²) in [6.07, 6.45) is 1.72. The molecule has 2 unspecified atom stereocenters. The minimum absolute atomic E-state index is 0.209. The lowest BCUT2D eigenvalue weighted by molar-refractivity contribution is 0.542. The van der Waals surface area contributed by atoms with Gasteiger partial charge in [-0.2, -0.15) is 0 Å². The van der Waals surface area contributed by atoms with E-state index < -0.39 is 10.0 Å². The molecule has 0 aliphatic carbocycles. The van der Waals surface area contributed by atoms with Crippen LogP contribution in [0.1, 0.15) is 45.1 Å². The van der Waals surface area contributed by atoms with Gasteiger partial charge in [0.05, 0.1) is 4.90 Å². The lowest BCUT2D eigenvalue weighted by atomic mass is 9.99. The molecule has 1 aromatic carbocycles. The first-order valence-corrected chi connectivity index (χ1v) is 8.25. The van der Waals surface area contributed by atoms with Crippen LogP contribution in [0, 0.1) is 0 Å². The van der Waals surface area contributed by atoms with Gasteiger partial charge < -0.3 is 5.73 Å². The summed E-state index contributed by atoms with van der Waals surface area (Å²) in [7, 11) is -3.46. The fraction of sp³-hybridized carbons (Fsp3) is 0.571. The average molecular weight is 284 g/mol. The van der Waals surface area contributed by atoms with E-state index in [-0.39, 0.29) is 6.04 Å². The summed E-state index contributed by atoms with van der Waals surface area (Å²) >= 11 is 0. The summed E-state index contributed by atoms with van der Waals surface area (Å²) in [5.74, 6) is 0.442. The summed E-state index contributed by atoms with van der Waals surface area (Å²) < 4.78 is 26.9. The van der Waals surface area contributed by atoms with Crippen LogP contribution in [0.15, 0.2) is 29.2 Å². The molecule has 0 saturated carbocycles. The Morgan fingerprint density at radius 3 is 2.16 bits per heavy atom. The highest BCUT2D eigenvalue weighted by Crippen LogP contribution is 2.20. The van der Waals surface area contributed by atoms with E-state index in [4.69, 9.17) is 5.73 Å². The fourth-order valence-corrected chi connectivity index (χ4v) is 3.13. The van der Waals surface area contributed by atoms with Gasteiger partial charge in [-0.1, -0.05) is 32.9 Å². The molecular formula is C14H24N2O2S. The smallest absolute Gasteiger partial charge is 0.240 e. The number of hydrogen-bond acceptors (Lipinski definition) is 3. The van der Waals surface area contributed by atoms with Gasteiger partial charge in [-0.15, -0.1) is 0 Å². The molecular weight excluding hydrogens is 260 g/mol. The van der Waals surface area contributed by atoms with E-state index in [1.807, 2.05) is 19.1 Å². The molecule has 3 N–H and O–H groups in total. The van der Waals surface area contributed by atoms with Crippen LogP contribution in [0.25, 0.3) is 0 Å². The topological polar surface area (TPSA) is 72.2 Å². The van der Waals surface area contributed by atoms with E-state index in [1.165, 1.54) is 0 Å². The molecule has 19 heavy (non-hydrogen) atoms. The van der Waals surface area contributed by atoms with Crippen molar-refractivity contribution in [3.63, 3.8) is 0 Å². The number of sulfonamides is 1. The van der Waals surface area contributed by atoms with Crippen molar-refractivity contribution in [2.24, 2.45) is 5.73 Å². The predicted octanol–water partition coefficient (Wildman–Crippen LogP) is 2.22. The first-order valence-electron chi connectivity index (χ1n) is 6.76. The summed E-state index contributed by atoms with van der Waals surface area (Å²) in [6, 6.07) is 6.87. The van der Waals surface area contributed by atoms with E-state index in [0.29, 0.717) is 23.8 Å². The zero-order valence-corrected chi connectivity index (χ0v) is 12.7.